The molecule has 2 nitrogen and oxygen atoms in total. The summed E-state index contributed by atoms with van der Waals surface area (Å²) in [5.41, 5.74) is 0.388. The molecule has 4 rings (SSSR count). The largest absolute Gasteiger partial charge is 0.377 e. The molecule has 0 saturated heterocycles. The van der Waals surface area contributed by atoms with E-state index in [9.17, 15) is 0 Å². The zero-order chi connectivity index (χ0) is 14.0. The first-order valence-electron chi connectivity index (χ1n) is 8.14. The summed E-state index contributed by atoms with van der Waals surface area (Å²) in [6.07, 6.45) is 10.8. The number of hydrogen-bond acceptors (Lipinski definition) is 2. The molecule has 0 aliphatic heterocycles. The van der Waals surface area contributed by atoms with E-state index in [4.69, 9.17) is 9.47 Å². The Bertz CT molecular complexity index is 348. The highest BCUT2D eigenvalue weighted by Crippen LogP contribution is 2.62. The molecule has 0 aromatic carbocycles. The molecule has 0 aromatic rings. The van der Waals surface area contributed by atoms with Gasteiger partial charge in [0, 0.05) is 0 Å². The van der Waals surface area contributed by atoms with Gasteiger partial charge in [-0.2, -0.15) is 0 Å². The molecule has 4 aliphatic rings. The highest BCUT2D eigenvalue weighted by Gasteiger charge is 2.56. The molecule has 4 bridgehead atoms. The summed E-state index contributed by atoms with van der Waals surface area (Å²) >= 11 is 0. The average Bonchev–Trinajstić information content (AvgIpc) is 2.41. The van der Waals surface area contributed by atoms with Crippen LogP contribution in [0, 0.1) is 29.1 Å². The third-order valence-electron chi connectivity index (χ3n) is 5.84. The monoisotopic (exact) mass is 276 g/mol. The van der Waals surface area contributed by atoms with Gasteiger partial charge in [-0.3, -0.25) is 0 Å². The van der Waals surface area contributed by atoms with Gasteiger partial charge in [0.15, 0.2) is 0 Å². The average molecular weight is 276 g/mol. The first kappa shape index (κ1) is 14.3. The summed E-state index contributed by atoms with van der Waals surface area (Å²) in [4.78, 5) is 0. The van der Waals surface area contributed by atoms with Crippen LogP contribution in [0.15, 0.2) is 25.3 Å². The molecule has 2 heteroatoms. The van der Waals surface area contributed by atoms with Gasteiger partial charge in [0.25, 0.3) is 0 Å². The van der Waals surface area contributed by atoms with Crippen LogP contribution in [0.2, 0.25) is 0 Å². The molecular weight excluding hydrogens is 248 g/mol. The van der Waals surface area contributed by atoms with Crippen molar-refractivity contribution >= 4 is 0 Å². The molecule has 4 fully saturated rings. The Morgan fingerprint density at radius 2 is 1.60 bits per heavy atom. The molecule has 3 atom stereocenters. The minimum absolute atomic E-state index is 0.388. The number of ether oxygens (including phenoxy) is 2. The van der Waals surface area contributed by atoms with Crippen LogP contribution in [-0.2, 0) is 9.47 Å². The van der Waals surface area contributed by atoms with E-state index in [0.717, 1.165) is 31.0 Å². The van der Waals surface area contributed by atoms with E-state index in [-0.39, 0.29) is 0 Å². The van der Waals surface area contributed by atoms with E-state index in [0.29, 0.717) is 24.5 Å². The zero-order valence-electron chi connectivity index (χ0n) is 12.6. The topological polar surface area (TPSA) is 18.5 Å². The fourth-order valence-corrected chi connectivity index (χ4v) is 5.48. The van der Waals surface area contributed by atoms with Crippen LogP contribution in [0.1, 0.15) is 32.1 Å². The van der Waals surface area contributed by atoms with Crippen LogP contribution >= 0.6 is 0 Å². The molecule has 0 amide bonds. The Balaban J connectivity index is 1.71. The van der Waals surface area contributed by atoms with E-state index >= 15 is 0 Å². The van der Waals surface area contributed by atoms with Crippen LogP contribution in [-0.4, -0.2) is 26.4 Å². The maximum absolute atomic E-state index is 5.91. The summed E-state index contributed by atoms with van der Waals surface area (Å²) < 4.78 is 11.8. The van der Waals surface area contributed by atoms with Gasteiger partial charge in [0.05, 0.1) is 26.4 Å². The van der Waals surface area contributed by atoms with Crippen LogP contribution in [0.5, 0.6) is 0 Å². The second-order valence-corrected chi connectivity index (χ2v) is 7.21. The normalized spacial score (nSPS) is 41.8. The van der Waals surface area contributed by atoms with E-state index in [2.05, 4.69) is 13.2 Å². The van der Waals surface area contributed by atoms with Crippen molar-refractivity contribution in [2.75, 3.05) is 26.4 Å². The van der Waals surface area contributed by atoms with Gasteiger partial charge >= 0.3 is 0 Å². The molecule has 4 aliphatic carbocycles. The second kappa shape index (κ2) is 6.03. The Hall–Kier alpha value is -0.600. The molecule has 4 saturated carbocycles. The van der Waals surface area contributed by atoms with Crippen molar-refractivity contribution in [1.82, 2.24) is 0 Å². The fourth-order valence-electron chi connectivity index (χ4n) is 5.48. The Morgan fingerprint density at radius 3 is 2.25 bits per heavy atom. The molecule has 112 valence electrons. The smallest absolute Gasteiger partial charge is 0.0645 e. The summed E-state index contributed by atoms with van der Waals surface area (Å²) in [6.45, 7) is 10.7. The Kier molecular flexibility index (Phi) is 4.32. The van der Waals surface area contributed by atoms with E-state index in [1.165, 1.54) is 32.1 Å². The minimum atomic E-state index is 0.388. The highest BCUT2D eigenvalue weighted by atomic mass is 16.5. The van der Waals surface area contributed by atoms with Crippen LogP contribution in [0.4, 0.5) is 0 Å². The van der Waals surface area contributed by atoms with Crippen molar-refractivity contribution in [3.05, 3.63) is 25.3 Å². The van der Waals surface area contributed by atoms with E-state index in [1.807, 2.05) is 12.2 Å². The van der Waals surface area contributed by atoms with Gasteiger partial charge in [-0.15, -0.1) is 13.2 Å². The van der Waals surface area contributed by atoms with Crippen LogP contribution < -0.4 is 0 Å². The Labute approximate surface area is 123 Å². The third kappa shape index (κ3) is 2.60. The minimum Gasteiger partial charge on any atom is -0.377 e. The maximum atomic E-state index is 5.91. The van der Waals surface area contributed by atoms with Crippen molar-refractivity contribution in [1.29, 1.82) is 0 Å². The summed E-state index contributed by atoms with van der Waals surface area (Å²) in [5.74, 6) is 3.48. The van der Waals surface area contributed by atoms with E-state index in [1.54, 1.807) is 0 Å². The van der Waals surface area contributed by atoms with Crippen molar-refractivity contribution < 1.29 is 9.47 Å². The lowest BCUT2D eigenvalue weighted by Crippen LogP contribution is -2.56. The molecule has 0 heterocycles. The first-order valence-corrected chi connectivity index (χ1v) is 8.14. The molecule has 20 heavy (non-hydrogen) atoms. The summed E-state index contributed by atoms with van der Waals surface area (Å²) in [7, 11) is 0. The van der Waals surface area contributed by atoms with Gasteiger partial charge in [-0.05, 0) is 61.2 Å². The van der Waals surface area contributed by atoms with Crippen molar-refractivity contribution in [2.45, 2.75) is 32.1 Å². The van der Waals surface area contributed by atoms with Gasteiger partial charge in [0.2, 0.25) is 0 Å². The maximum Gasteiger partial charge on any atom is 0.0645 e. The lowest BCUT2D eigenvalue weighted by molar-refractivity contribution is -0.158. The van der Waals surface area contributed by atoms with Crippen molar-refractivity contribution in [2.24, 2.45) is 29.1 Å². The molecule has 0 spiro atoms. The van der Waals surface area contributed by atoms with Gasteiger partial charge in [-0.25, -0.2) is 0 Å². The number of hydrogen-bond donors (Lipinski definition) is 0. The third-order valence-corrected chi connectivity index (χ3v) is 5.84. The highest BCUT2D eigenvalue weighted by molar-refractivity contribution is 5.06. The fraction of sp³-hybridized carbons (Fsp3) is 0.778. The first-order chi connectivity index (χ1) is 9.77. The van der Waals surface area contributed by atoms with Crippen molar-refractivity contribution in [3.8, 4) is 0 Å². The predicted molar refractivity (Wildman–Crippen MR) is 81.5 cm³/mol. The molecular formula is C18H28O2. The number of rotatable bonds is 8. The van der Waals surface area contributed by atoms with E-state index < -0.39 is 0 Å². The second-order valence-electron chi connectivity index (χ2n) is 7.21. The molecule has 3 unspecified atom stereocenters. The lowest BCUT2D eigenvalue weighted by Gasteiger charge is -2.61. The summed E-state index contributed by atoms with van der Waals surface area (Å²) in [5, 5.41) is 0. The van der Waals surface area contributed by atoms with Crippen molar-refractivity contribution in [3.63, 3.8) is 0 Å². The summed E-state index contributed by atoms with van der Waals surface area (Å²) in [6, 6.07) is 0. The van der Waals surface area contributed by atoms with Gasteiger partial charge in [-0.1, -0.05) is 12.2 Å². The standard InChI is InChI=1S/C18H28O2/c1-3-5-19-12-17-16-8-14-7-15(9-16)11-18(17,10-14)13-20-6-4-2/h3-4,14-17H,1-2,5-13H2. The quantitative estimate of drug-likeness (QED) is 0.495. The molecule has 0 N–H and O–H groups in total. The lowest BCUT2D eigenvalue weighted by atomic mass is 9.45. The SMILES string of the molecule is C=CCOCC1C2CC3CC(C2)CC1(COCC=C)C3. The van der Waals surface area contributed by atoms with Crippen LogP contribution in [0.25, 0.3) is 0 Å². The van der Waals surface area contributed by atoms with Gasteiger partial charge < -0.3 is 9.47 Å². The van der Waals surface area contributed by atoms with Crippen LogP contribution in [0.3, 0.4) is 0 Å². The van der Waals surface area contributed by atoms with Gasteiger partial charge in [0.1, 0.15) is 0 Å². The Morgan fingerprint density at radius 1 is 0.950 bits per heavy atom. The molecule has 0 radical (unpaired) electrons. The molecule has 0 aromatic heterocycles. The zero-order valence-corrected chi connectivity index (χ0v) is 12.6. The predicted octanol–water partition coefficient (Wildman–Crippen LogP) is 3.83.